The zero-order valence-corrected chi connectivity index (χ0v) is 7.29. The summed E-state index contributed by atoms with van der Waals surface area (Å²) < 4.78 is 4.52. The number of hydrogen-bond donors (Lipinski definition) is 3. The van der Waals surface area contributed by atoms with Gasteiger partial charge in [0, 0.05) is 6.92 Å². The van der Waals surface area contributed by atoms with E-state index in [-0.39, 0.29) is 12.3 Å². The second-order valence-electron chi connectivity index (χ2n) is 2.53. The van der Waals surface area contributed by atoms with Gasteiger partial charge in [-0.15, -0.1) is 0 Å². The zero-order valence-electron chi connectivity index (χ0n) is 7.29. The third kappa shape index (κ3) is 2.22. The molecule has 0 radical (unpaired) electrons. The van der Waals surface area contributed by atoms with Crippen molar-refractivity contribution in [2.24, 2.45) is 0 Å². The molecule has 0 saturated carbocycles. The summed E-state index contributed by atoms with van der Waals surface area (Å²) in [6.45, 7) is 1.12. The van der Waals surface area contributed by atoms with Gasteiger partial charge in [0.05, 0.1) is 6.54 Å². The predicted octanol–water partition coefficient (Wildman–Crippen LogP) is -0.842. The monoisotopic (exact) mass is 200 g/mol. The summed E-state index contributed by atoms with van der Waals surface area (Å²) in [6, 6.07) is 0. The summed E-state index contributed by atoms with van der Waals surface area (Å²) in [7, 11) is 0. The number of alkyl carbamates (subject to hydrolysis) is 1. The average Bonchev–Trinajstić information content (AvgIpc) is 2.46. The van der Waals surface area contributed by atoms with E-state index in [9.17, 15) is 14.4 Å². The molecule has 1 aliphatic rings. The van der Waals surface area contributed by atoms with E-state index >= 15 is 0 Å². The fraction of sp³-hybridized carbons (Fsp3) is 0.286. The first-order valence-electron chi connectivity index (χ1n) is 3.70. The minimum absolute atomic E-state index is 0.0409. The lowest BCUT2D eigenvalue weighted by molar-refractivity contribution is -0.134. The van der Waals surface area contributed by atoms with Gasteiger partial charge in [0.25, 0.3) is 0 Å². The number of rotatable bonds is 2. The smallest absolute Gasteiger partial charge is 0.412 e. The second-order valence-corrected chi connectivity index (χ2v) is 2.53. The fourth-order valence-corrected chi connectivity index (χ4v) is 0.894. The third-order valence-corrected chi connectivity index (χ3v) is 1.40. The van der Waals surface area contributed by atoms with Crippen molar-refractivity contribution >= 4 is 18.0 Å². The number of carbonyl (C=O) groups excluding carboxylic acids is 2. The van der Waals surface area contributed by atoms with E-state index in [1.807, 2.05) is 0 Å². The first-order valence-corrected chi connectivity index (χ1v) is 3.70. The molecule has 1 fully saturated rings. The van der Waals surface area contributed by atoms with Crippen molar-refractivity contribution < 1.29 is 24.2 Å². The van der Waals surface area contributed by atoms with Crippen molar-refractivity contribution in [1.29, 1.82) is 0 Å². The van der Waals surface area contributed by atoms with Crippen LogP contribution in [0.25, 0.3) is 0 Å². The Morgan fingerprint density at radius 1 is 1.57 bits per heavy atom. The highest BCUT2D eigenvalue weighted by atomic mass is 16.6. The maximum Gasteiger partial charge on any atom is 0.412 e. The Morgan fingerprint density at radius 3 is 2.57 bits per heavy atom. The Balaban J connectivity index is 2.91. The summed E-state index contributed by atoms with van der Waals surface area (Å²) in [6.07, 6.45) is -0.732. The van der Waals surface area contributed by atoms with E-state index in [1.54, 1.807) is 0 Å². The van der Waals surface area contributed by atoms with Gasteiger partial charge in [-0.2, -0.15) is 0 Å². The lowest BCUT2D eigenvalue weighted by atomic mass is 10.3. The number of amides is 2. The Hall–Kier alpha value is -2.05. The van der Waals surface area contributed by atoms with Crippen LogP contribution in [0.3, 0.4) is 0 Å². The van der Waals surface area contributed by atoms with E-state index in [4.69, 9.17) is 5.11 Å². The van der Waals surface area contributed by atoms with Crippen LogP contribution >= 0.6 is 0 Å². The molecule has 0 atom stereocenters. The van der Waals surface area contributed by atoms with Gasteiger partial charge in [-0.1, -0.05) is 0 Å². The molecule has 14 heavy (non-hydrogen) atoms. The molecule has 0 bridgehead atoms. The molecule has 7 nitrogen and oxygen atoms in total. The standard InChI is InChI=1S/C7H8N2O5/c1-3(10)9-5(6(11)12)4-2-8-7(13)14-4/h2H2,1H3,(H,8,13)(H,9,10)(H,11,12)/b5-4-. The molecule has 76 valence electrons. The maximum atomic E-state index is 10.6. The molecule has 0 aromatic carbocycles. The molecule has 1 aliphatic heterocycles. The van der Waals surface area contributed by atoms with E-state index in [0.717, 1.165) is 6.92 Å². The molecular weight excluding hydrogens is 192 g/mol. The van der Waals surface area contributed by atoms with Crippen LogP contribution < -0.4 is 10.6 Å². The lowest BCUT2D eigenvalue weighted by Crippen LogP contribution is -2.27. The molecule has 0 aromatic heterocycles. The van der Waals surface area contributed by atoms with Gasteiger partial charge in [0.1, 0.15) is 0 Å². The average molecular weight is 200 g/mol. The number of hydrogen-bond acceptors (Lipinski definition) is 4. The molecule has 0 aliphatic carbocycles. The first-order chi connectivity index (χ1) is 6.50. The van der Waals surface area contributed by atoms with Crippen molar-refractivity contribution in [3.05, 3.63) is 11.5 Å². The largest absolute Gasteiger partial charge is 0.476 e. The molecule has 3 N–H and O–H groups in total. The van der Waals surface area contributed by atoms with Gasteiger partial charge in [0.15, 0.2) is 11.5 Å². The molecular formula is C7H8N2O5. The van der Waals surface area contributed by atoms with Crippen LogP contribution in [0, 0.1) is 0 Å². The topological polar surface area (TPSA) is 105 Å². The lowest BCUT2D eigenvalue weighted by Gasteiger charge is -2.04. The first kappa shape index (κ1) is 10.0. The minimum atomic E-state index is -1.35. The van der Waals surface area contributed by atoms with Crippen LogP contribution in [0.1, 0.15) is 6.92 Å². The summed E-state index contributed by atoms with van der Waals surface area (Å²) in [5, 5.41) is 13.0. The van der Waals surface area contributed by atoms with Crippen LogP contribution in [0.5, 0.6) is 0 Å². The second kappa shape index (κ2) is 3.77. The highest BCUT2D eigenvalue weighted by Crippen LogP contribution is 2.09. The number of carboxylic acids is 1. The predicted molar refractivity (Wildman–Crippen MR) is 43.0 cm³/mol. The summed E-state index contributed by atoms with van der Waals surface area (Å²) >= 11 is 0. The fourth-order valence-electron chi connectivity index (χ4n) is 0.894. The highest BCUT2D eigenvalue weighted by Gasteiger charge is 2.24. The van der Waals surface area contributed by atoms with Crippen molar-refractivity contribution in [3.63, 3.8) is 0 Å². The number of carbonyl (C=O) groups is 3. The highest BCUT2D eigenvalue weighted by molar-refractivity contribution is 5.93. The van der Waals surface area contributed by atoms with Crippen molar-refractivity contribution in [3.8, 4) is 0 Å². The number of carboxylic acid groups (broad SMARTS) is 1. The Labute approximate surface area is 78.7 Å². The van der Waals surface area contributed by atoms with E-state index in [1.165, 1.54) is 0 Å². The Kier molecular flexibility index (Phi) is 2.70. The molecule has 1 heterocycles. The van der Waals surface area contributed by atoms with Crippen LogP contribution in [-0.2, 0) is 14.3 Å². The summed E-state index contributed by atoms with van der Waals surface area (Å²) in [5.74, 6) is -2.00. The van der Waals surface area contributed by atoms with Crippen LogP contribution in [0.4, 0.5) is 4.79 Å². The molecule has 2 amide bonds. The molecule has 7 heteroatoms. The van der Waals surface area contributed by atoms with Gasteiger partial charge in [-0.25, -0.2) is 9.59 Å². The van der Waals surface area contributed by atoms with E-state index in [2.05, 4.69) is 15.4 Å². The normalized spacial score (nSPS) is 18.2. The Morgan fingerprint density at radius 2 is 2.21 bits per heavy atom. The third-order valence-electron chi connectivity index (χ3n) is 1.40. The van der Waals surface area contributed by atoms with Crippen LogP contribution in [-0.4, -0.2) is 29.6 Å². The SMILES string of the molecule is CC(=O)N/C(C(=O)O)=C1/CNC(=O)O1. The maximum absolute atomic E-state index is 10.6. The summed E-state index contributed by atoms with van der Waals surface area (Å²) in [5.41, 5.74) is -0.421. The van der Waals surface area contributed by atoms with Crippen molar-refractivity contribution in [2.45, 2.75) is 6.92 Å². The number of ether oxygens (including phenoxy) is 1. The van der Waals surface area contributed by atoms with Crippen molar-refractivity contribution in [2.75, 3.05) is 6.54 Å². The quantitative estimate of drug-likeness (QED) is 0.504. The zero-order chi connectivity index (χ0) is 10.7. The number of cyclic esters (lactones) is 1. The molecule has 0 spiro atoms. The van der Waals surface area contributed by atoms with Crippen LogP contribution in [0.2, 0.25) is 0 Å². The van der Waals surface area contributed by atoms with Gasteiger partial charge in [0.2, 0.25) is 5.91 Å². The minimum Gasteiger partial charge on any atom is -0.476 e. The molecule has 1 saturated heterocycles. The van der Waals surface area contributed by atoms with E-state index < -0.39 is 23.7 Å². The summed E-state index contributed by atoms with van der Waals surface area (Å²) in [4.78, 5) is 31.9. The number of aliphatic carboxylic acids is 1. The Bertz CT molecular complexity index is 333. The van der Waals surface area contributed by atoms with Gasteiger partial charge >= 0.3 is 12.1 Å². The van der Waals surface area contributed by atoms with Gasteiger partial charge in [-0.05, 0) is 0 Å². The molecule has 0 unspecified atom stereocenters. The molecule has 0 aromatic rings. The molecule has 1 rings (SSSR count). The van der Waals surface area contributed by atoms with E-state index in [0.29, 0.717) is 0 Å². The van der Waals surface area contributed by atoms with Crippen molar-refractivity contribution in [1.82, 2.24) is 10.6 Å². The van der Waals surface area contributed by atoms with Gasteiger partial charge in [-0.3, -0.25) is 4.79 Å². The van der Waals surface area contributed by atoms with Gasteiger partial charge < -0.3 is 20.5 Å². The van der Waals surface area contributed by atoms with Crippen LogP contribution in [0.15, 0.2) is 11.5 Å². The number of nitrogens with one attached hydrogen (secondary N) is 2.